The first-order valence-electron chi connectivity index (χ1n) is 14.5. The molecule has 1 saturated heterocycles. The zero-order valence-corrected chi connectivity index (χ0v) is 25.2. The molecule has 0 unspecified atom stereocenters. The van der Waals surface area contributed by atoms with E-state index in [1.165, 1.54) is 33.8 Å². The molecule has 3 aromatic heterocycles. The number of rotatable bonds is 7. The van der Waals surface area contributed by atoms with Gasteiger partial charge in [0, 0.05) is 41.5 Å². The van der Waals surface area contributed by atoms with Crippen LogP contribution in [0.3, 0.4) is 0 Å². The molecule has 216 valence electrons. The number of aromatic nitrogens is 4. The Labute approximate surface area is 253 Å². The van der Waals surface area contributed by atoms with E-state index < -0.39 is 0 Å². The molecule has 2 aromatic carbocycles. The van der Waals surface area contributed by atoms with Gasteiger partial charge in [0.1, 0.15) is 35.1 Å². The lowest BCUT2D eigenvalue weighted by atomic mass is 9.95. The number of anilines is 2. The van der Waals surface area contributed by atoms with E-state index in [9.17, 15) is 4.39 Å². The monoisotopic (exact) mass is 602 g/mol. The number of ether oxygens (including phenoxy) is 1. The fourth-order valence-electron chi connectivity index (χ4n) is 6.06. The number of thiophene rings is 1. The molecule has 4 heterocycles. The lowest BCUT2D eigenvalue weighted by molar-refractivity contribution is 0.147. The molecular weight excluding hydrogens is 571 g/mol. The Kier molecular flexibility index (Phi) is 7.34. The van der Waals surface area contributed by atoms with Gasteiger partial charge in [-0.3, -0.25) is 4.68 Å². The predicted octanol–water partition coefficient (Wildman–Crippen LogP) is 7.81. The minimum Gasteiger partial charge on any atom is -0.487 e. The van der Waals surface area contributed by atoms with Crippen molar-refractivity contribution in [2.24, 2.45) is 0 Å². The molecule has 0 atom stereocenters. The first-order chi connectivity index (χ1) is 20.4. The van der Waals surface area contributed by atoms with Crippen LogP contribution in [0.25, 0.3) is 20.7 Å². The zero-order chi connectivity index (χ0) is 28.8. The third-order valence-corrected chi connectivity index (χ3v) is 9.80. The highest BCUT2D eigenvalue weighted by Gasteiger charge is 2.29. The molecule has 0 radical (unpaired) electrons. The van der Waals surface area contributed by atoms with Crippen molar-refractivity contribution in [2.45, 2.75) is 58.2 Å². The van der Waals surface area contributed by atoms with Crippen LogP contribution in [0.5, 0.6) is 5.75 Å². The van der Waals surface area contributed by atoms with Gasteiger partial charge < -0.3 is 15.0 Å². The maximum Gasteiger partial charge on any atom is 0.142 e. The van der Waals surface area contributed by atoms with Gasteiger partial charge >= 0.3 is 0 Å². The maximum absolute atomic E-state index is 13.5. The molecule has 1 fully saturated rings. The van der Waals surface area contributed by atoms with Crippen molar-refractivity contribution < 1.29 is 9.13 Å². The van der Waals surface area contributed by atoms with Crippen LogP contribution in [0.2, 0.25) is 5.02 Å². The van der Waals surface area contributed by atoms with E-state index in [1.54, 1.807) is 23.7 Å². The van der Waals surface area contributed by atoms with Gasteiger partial charge in [-0.1, -0.05) is 23.7 Å². The van der Waals surface area contributed by atoms with Crippen LogP contribution in [-0.2, 0) is 19.4 Å². The zero-order valence-electron chi connectivity index (χ0n) is 23.6. The highest BCUT2D eigenvalue weighted by molar-refractivity contribution is 7.22. The largest absolute Gasteiger partial charge is 0.487 e. The first-order valence-corrected chi connectivity index (χ1v) is 15.6. The van der Waals surface area contributed by atoms with Gasteiger partial charge in [0.2, 0.25) is 0 Å². The average Bonchev–Trinajstić information content (AvgIpc) is 3.59. The van der Waals surface area contributed by atoms with E-state index in [4.69, 9.17) is 21.4 Å². The smallest absolute Gasteiger partial charge is 0.142 e. The number of likely N-dealkylation sites (tertiary alicyclic amines) is 1. The third kappa shape index (κ3) is 5.25. The van der Waals surface area contributed by atoms with Gasteiger partial charge in [-0.05, 0) is 81.0 Å². The van der Waals surface area contributed by atoms with E-state index >= 15 is 0 Å². The van der Waals surface area contributed by atoms with Gasteiger partial charge in [-0.2, -0.15) is 5.10 Å². The lowest BCUT2D eigenvalue weighted by Gasteiger charge is -2.34. The van der Waals surface area contributed by atoms with Crippen molar-refractivity contribution >= 4 is 44.7 Å². The van der Waals surface area contributed by atoms with Crippen LogP contribution in [0, 0.1) is 5.82 Å². The Bertz CT molecular complexity index is 1760. The highest BCUT2D eigenvalue weighted by Crippen LogP contribution is 2.45. The SMILES string of the molecule is CC(C)N1CCC(n2cc3c(n2)CCc2c-3sc3ncnc(Nc4ccc(OCc5cccc(F)c5)c(Cl)c4)c23)CC1. The number of fused-ring (bicyclic) bond motifs is 5. The Morgan fingerprint density at radius 3 is 2.76 bits per heavy atom. The minimum absolute atomic E-state index is 0.230. The summed E-state index contributed by atoms with van der Waals surface area (Å²) >= 11 is 8.29. The van der Waals surface area contributed by atoms with Crippen LogP contribution in [0.4, 0.5) is 15.9 Å². The normalized spacial score (nSPS) is 15.6. The number of hydrogen-bond donors (Lipinski definition) is 1. The molecule has 0 amide bonds. The van der Waals surface area contributed by atoms with Gasteiger partial charge in [0.05, 0.1) is 22.1 Å². The summed E-state index contributed by atoms with van der Waals surface area (Å²) in [6, 6.07) is 12.9. The summed E-state index contributed by atoms with van der Waals surface area (Å²) in [5.74, 6) is 1.01. The fourth-order valence-corrected chi connectivity index (χ4v) is 7.52. The molecule has 1 aliphatic heterocycles. The van der Waals surface area contributed by atoms with Crippen molar-refractivity contribution in [3.63, 3.8) is 0 Å². The number of hydrogen-bond acceptors (Lipinski definition) is 7. The second-order valence-corrected chi connectivity index (χ2v) is 12.7. The van der Waals surface area contributed by atoms with E-state index in [-0.39, 0.29) is 12.4 Å². The summed E-state index contributed by atoms with van der Waals surface area (Å²) in [7, 11) is 0. The molecule has 10 heteroatoms. The summed E-state index contributed by atoms with van der Waals surface area (Å²) in [5, 5.41) is 10.1. The Morgan fingerprint density at radius 1 is 1.12 bits per heavy atom. The van der Waals surface area contributed by atoms with Crippen LogP contribution in [-0.4, -0.2) is 43.8 Å². The number of benzene rings is 2. The number of nitrogens with zero attached hydrogens (tertiary/aromatic N) is 5. The van der Waals surface area contributed by atoms with Gasteiger partial charge in [0.15, 0.2) is 0 Å². The van der Waals surface area contributed by atoms with Gasteiger partial charge in [0.25, 0.3) is 0 Å². The van der Waals surface area contributed by atoms with Gasteiger partial charge in [-0.25, -0.2) is 14.4 Å². The lowest BCUT2D eigenvalue weighted by Crippen LogP contribution is -2.39. The summed E-state index contributed by atoms with van der Waals surface area (Å²) in [6.45, 7) is 7.02. The Morgan fingerprint density at radius 2 is 1.98 bits per heavy atom. The molecule has 1 N–H and O–H groups in total. The molecular formula is C32H32ClFN6OS. The molecule has 7 rings (SSSR count). The second kappa shape index (κ2) is 11.3. The predicted molar refractivity (Wildman–Crippen MR) is 166 cm³/mol. The van der Waals surface area contributed by atoms with E-state index in [0.717, 1.165) is 66.1 Å². The van der Waals surface area contributed by atoms with Crippen LogP contribution < -0.4 is 10.1 Å². The van der Waals surface area contributed by atoms with Crippen molar-refractivity contribution in [2.75, 3.05) is 18.4 Å². The van der Waals surface area contributed by atoms with Crippen LogP contribution in [0.15, 0.2) is 55.0 Å². The molecule has 0 spiro atoms. The van der Waals surface area contributed by atoms with E-state index in [1.807, 2.05) is 24.3 Å². The molecule has 1 aliphatic carbocycles. The summed E-state index contributed by atoms with van der Waals surface area (Å²) in [5.41, 5.74) is 5.24. The van der Waals surface area contributed by atoms with E-state index in [2.05, 4.69) is 44.9 Å². The van der Waals surface area contributed by atoms with Crippen molar-refractivity contribution in [3.05, 3.63) is 82.6 Å². The van der Waals surface area contributed by atoms with Crippen molar-refractivity contribution in [3.8, 4) is 16.2 Å². The van der Waals surface area contributed by atoms with Crippen molar-refractivity contribution in [1.82, 2.24) is 24.6 Å². The van der Waals surface area contributed by atoms with Gasteiger partial charge in [-0.15, -0.1) is 11.3 Å². The molecule has 7 nitrogen and oxygen atoms in total. The number of aryl methyl sites for hydroxylation is 2. The summed E-state index contributed by atoms with van der Waals surface area (Å²) in [6.07, 6.45) is 7.95. The average molecular weight is 603 g/mol. The fraction of sp³-hybridized carbons (Fsp3) is 0.344. The van der Waals surface area contributed by atoms with Crippen molar-refractivity contribution in [1.29, 1.82) is 0 Å². The Balaban J connectivity index is 1.12. The molecule has 5 aromatic rings. The highest BCUT2D eigenvalue weighted by atomic mass is 35.5. The third-order valence-electron chi connectivity index (χ3n) is 8.33. The minimum atomic E-state index is -0.291. The maximum atomic E-state index is 13.5. The summed E-state index contributed by atoms with van der Waals surface area (Å²) < 4.78 is 21.6. The Hall–Kier alpha value is -3.53. The van der Waals surface area contributed by atoms with E-state index in [0.29, 0.717) is 22.9 Å². The molecule has 42 heavy (non-hydrogen) atoms. The quantitative estimate of drug-likeness (QED) is 0.205. The molecule has 2 aliphatic rings. The summed E-state index contributed by atoms with van der Waals surface area (Å²) in [4.78, 5) is 14.0. The number of piperidine rings is 1. The van der Waals surface area contributed by atoms with Crippen LogP contribution in [0.1, 0.15) is 49.6 Å². The first kappa shape index (κ1) is 27.3. The molecule has 0 bridgehead atoms. The standard InChI is InChI=1S/C32H32ClFN6OS/c1-19(2)39-12-10-23(11-13-39)40-16-25-27(38-40)8-7-24-29-31(35-18-36-32(29)42-30(24)25)37-22-6-9-28(26(33)15-22)41-17-20-4-3-5-21(34)14-20/h3-6,9,14-16,18-19,23H,7-8,10-13,17H2,1-2H3,(H,35,36,37). The van der Waals surface area contributed by atoms with Crippen LogP contribution >= 0.6 is 22.9 Å². The molecule has 0 saturated carbocycles. The number of nitrogens with one attached hydrogen (secondary N) is 1. The topological polar surface area (TPSA) is 68.1 Å². The second-order valence-electron chi connectivity index (χ2n) is 11.3. The number of halogens is 2.